The summed E-state index contributed by atoms with van der Waals surface area (Å²) in [5.74, 6) is 1.72. The lowest BCUT2D eigenvalue weighted by molar-refractivity contribution is 0.411. The molecule has 2 aromatic carbocycles. The predicted molar refractivity (Wildman–Crippen MR) is 108 cm³/mol. The molecule has 6 nitrogen and oxygen atoms in total. The molecule has 6 heteroatoms. The minimum atomic E-state index is 0.159. The van der Waals surface area contributed by atoms with Crippen molar-refractivity contribution in [3.8, 4) is 5.75 Å². The van der Waals surface area contributed by atoms with Gasteiger partial charge in [0.2, 0.25) is 0 Å². The molecule has 0 fully saturated rings. The number of ether oxygens (including phenoxy) is 1. The molecule has 3 aromatic rings. The van der Waals surface area contributed by atoms with Crippen LogP contribution in [0.4, 0.5) is 5.69 Å². The van der Waals surface area contributed by atoms with Crippen LogP contribution in [0.5, 0.6) is 5.75 Å². The fraction of sp³-hybridized carbons (Fsp3) is 0.238. The van der Waals surface area contributed by atoms with Crippen LogP contribution >= 0.6 is 0 Å². The average Bonchev–Trinajstić information content (AvgIpc) is 3.12. The standard InChI is InChI=1S/C21H22N4O2/c1-12-5-6-13(2)17(9-12)25-11-18(26)19(20(25)22)21-23-15-10-14(27-4)7-8-16(15)24(21)3/h5-10,22,26H,11H2,1-4H3. The highest BCUT2D eigenvalue weighted by atomic mass is 16.5. The molecule has 138 valence electrons. The first-order valence-corrected chi connectivity index (χ1v) is 8.77. The van der Waals surface area contributed by atoms with E-state index in [1.54, 1.807) is 7.11 Å². The second kappa shape index (κ2) is 6.16. The molecule has 0 spiro atoms. The maximum Gasteiger partial charge on any atom is 0.148 e. The van der Waals surface area contributed by atoms with E-state index in [4.69, 9.17) is 10.1 Å². The van der Waals surface area contributed by atoms with E-state index in [9.17, 15) is 5.11 Å². The Balaban J connectivity index is 1.79. The van der Waals surface area contributed by atoms with E-state index in [0.717, 1.165) is 33.6 Å². The van der Waals surface area contributed by atoms with Crippen molar-refractivity contribution in [1.29, 1.82) is 5.41 Å². The number of nitrogens with one attached hydrogen (secondary N) is 1. The third-order valence-electron chi connectivity index (χ3n) is 5.07. The zero-order chi connectivity index (χ0) is 19.3. The highest BCUT2D eigenvalue weighted by molar-refractivity contribution is 6.30. The van der Waals surface area contributed by atoms with Gasteiger partial charge < -0.3 is 19.3 Å². The lowest BCUT2D eigenvalue weighted by Crippen LogP contribution is -2.27. The van der Waals surface area contributed by atoms with Gasteiger partial charge in [-0.25, -0.2) is 4.98 Å². The Morgan fingerprint density at radius 3 is 2.67 bits per heavy atom. The van der Waals surface area contributed by atoms with E-state index in [-0.39, 0.29) is 18.1 Å². The van der Waals surface area contributed by atoms with Crippen LogP contribution in [-0.2, 0) is 7.05 Å². The van der Waals surface area contributed by atoms with Gasteiger partial charge in [0, 0.05) is 18.8 Å². The molecule has 0 radical (unpaired) electrons. The van der Waals surface area contributed by atoms with E-state index in [0.29, 0.717) is 11.4 Å². The Kier molecular flexibility index (Phi) is 3.91. The lowest BCUT2D eigenvalue weighted by Gasteiger charge is -2.21. The number of anilines is 1. The fourth-order valence-corrected chi connectivity index (χ4v) is 3.56. The van der Waals surface area contributed by atoms with Crippen LogP contribution in [0.1, 0.15) is 17.0 Å². The number of rotatable bonds is 3. The molecule has 0 saturated carbocycles. The summed E-state index contributed by atoms with van der Waals surface area (Å²) in [6, 6.07) is 11.8. The monoisotopic (exact) mass is 362 g/mol. The van der Waals surface area contributed by atoms with Gasteiger partial charge in [-0.15, -0.1) is 0 Å². The summed E-state index contributed by atoms with van der Waals surface area (Å²) in [4.78, 5) is 6.50. The molecule has 2 heterocycles. The van der Waals surface area contributed by atoms with E-state index in [2.05, 4.69) is 4.98 Å². The lowest BCUT2D eigenvalue weighted by atomic mass is 10.1. The van der Waals surface area contributed by atoms with Crippen molar-refractivity contribution >= 4 is 28.1 Å². The molecule has 27 heavy (non-hydrogen) atoms. The average molecular weight is 362 g/mol. The number of aryl methyl sites for hydroxylation is 3. The summed E-state index contributed by atoms with van der Waals surface area (Å²) in [5, 5.41) is 19.4. The topological polar surface area (TPSA) is 74.4 Å². The van der Waals surface area contributed by atoms with Gasteiger partial charge in [-0.3, -0.25) is 5.41 Å². The Morgan fingerprint density at radius 1 is 1.15 bits per heavy atom. The number of methoxy groups -OCH3 is 1. The molecule has 2 N–H and O–H groups in total. The first-order chi connectivity index (χ1) is 12.9. The van der Waals surface area contributed by atoms with Crippen molar-refractivity contribution in [2.45, 2.75) is 13.8 Å². The molecule has 0 unspecified atom stereocenters. The summed E-state index contributed by atoms with van der Waals surface area (Å²) in [6.45, 7) is 4.30. The van der Waals surface area contributed by atoms with Gasteiger partial charge in [-0.1, -0.05) is 12.1 Å². The molecule has 1 aromatic heterocycles. The number of hydrogen-bond donors (Lipinski definition) is 2. The first-order valence-electron chi connectivity index (χ1n) is 8.77. The molecule has 0 amide bonds. The maximum atomic E-state index is 10.7. The van der Waals surface area contributed by atoms with Gasteiger partial charge >= 0.3 is 0 Å². The van der Waals surface area contributed by atoms with E-state index in [1.165, 1.54) is 0 Å². The number of nitrogens with zero attached hydrogens (tertiary/aromatic N) is 3. The molecular weight excluding hydrogens is 340 g/mol. The van der Waals surface area contributed by atoms with Crippen molar-refractivity contribution in [1.82, 2.24) is 9.55 Å². The molecule has 0 bridgehead atoms. The molecule has 0 saturated heterocycles. The van der Waals surface area contributed by atoms with Crippen LogP contribution in [0.2, 0.25) is 0 Å². The zero-order valence-corrected chi connectivity index (χ0v) is 15.9. The van der Waals surface area contributed by atoms with Crippen molar-refractivity contribution in [2.75, 3.05) is 18.6 Å². The highest BCUT2D eigenvalue weighted by Crippen LogP contribution is 2.34. The highest BCUT2D eigenvalue weighted by Gasteiger charge is 2.33. The number of imidazole rings is 1. The molecule has 4 rings (SSSR count). The second-order valence-electron chi connectivity index (χ2n) is 6.90. The molecule has 1 aliphatic rings. The van der Waals surface area contributed by atoms with Crippen LogP contribution in [-0.4, -0.2) is 34.1 Å². The number of hydrogen-bond acceptors (Lipinski definition) is 4. The summed E-state index contributed by atoms with van der Waals surface area (Å²) >= 11 is 0. The number of aromatic nitrogens is 2. The third-order valence-corrected chi connectivity index (χ3v) is 5.07. The maximum absolute atomic E-state index is 10.7. The molecule has 0 atom stereocenters. The van der Waals surface area contributed by atoms with Crippen molar-refractivity contribution < 1.29 is 9.84 Å². The Bertz CT molecular complexity index is 1110. The predicted octanol–water partition coefficient (Wildman–Crippen LogP) is 3.97. The second-order valence-corrected chi connectivity index (χ2v) is 6.90. The molecular formula is C21H22N4O2. The number of benzene rings is 2. The zero-order valence-electron chi connectivity index (χ0n) is 15.9. The van der Waals surface area contributed by atoms with E-state index >= 15 is 0 Å². The van der Waals surface area contributed by atoms with Gasteiger partial charge in [0.1, 0.15) is 23.2 Å². The van der Waals surface area contributed by atoms with E-state index < -0.39 is 0 Å². The van der Waals surface area contributed by atoms with Crippen LogP contribution in [0.3, 0.4) is 0 Å². The third kappa shape index (κ3) is 2.65. The van der Waals surface area contributed by atoms with Crippen molar-refractivity contribution in [3.05, 3.63) is 59.1 Å². The fourth-order valence-electron chi connectivity index (χ4n) is 3.56. The number of fused-ring (bicyclic) bond motifs is 1. The van der Waals surface area contributed by atoms with Gasteiger partial charge in [0.15, 0.2) is 0 Å². The van der Waals surface area contributed by atoms with Crippen LogP contribution in [0.15, 0.2) is 42.2 Å². The smallest absolute Gasteiger partial charge is 0.148 e. The minimum absolute atomic E-state index is 0.159. The van der Waals surface area contributed by atoms with Crippen molar-refractivity contribution in [3.63, 3.8) is 0 Å². The summed E-state index contributed by atoms with van der Waals surface area (Å²) in [7, 11) is 3.51. The van der Waals surface area contributed by atoms with Gasteiger partial charge in [0.05, 0.1) is 30.3 Å². The van der Waals surface area contributed by atoms with E-state index in [1.807, 2.05) is 66.8 Å². The quantitative estimate of drug-likeness (QED) is 0.739. The van der Waals surface area contributed by atoms with Crippen LogP contribution in [0.25, 0.3) is 16.6 Å². The number of aliphatic hydroxyl groups is 1. The Hall–Kier alpha value is -3.28. The molecule has 0 aliphatic carbocycles. The minimum Gasteiger partial charge on any atom is -0.509 e. The van der Waals surface area contributed by atoms with Gasteiger partial charge in [0.25, 0.3) is 0 Å². The van der Waals surface area contributed by atoms with Gasteiger partial charge in [-0.2, -0.15) is 0 Å². The SMILES string of the molecule is COc1ccc2c(c1)nc(C1=C(O)CN(c3cc(C)ccc3C)C1=N)n2C. The molecule has 1 aliphatic heterocycles. The Morgan fingerprint density at radius 2 is 1.93 bits per heavy atom. The normalized spacial score (nSPS) is 14.5. The summed E-state index contributed by atoms with van der Waals surface area (Å²) in [6.07, 6.45) is 0. The van der Waals surface area contributed by atoms with Crippen LogP contribution in [0, 0.1) is 19.3 Å². The summed E-state index contributed by atoms with van der Waals surface area (Å²) in [5.41, 5.74) is 5.27. The van der Waals surface area contributed by atoms with Crippen LogP contribution < -0.4 is 9.64 Å². The van der Waals surface area contributed by atoms with Crippen molar-refractivity contribution in [2.24, 2.45) is 7.05 Å². The number of aliphatic hydroxyl groups excluding tert-OH is 1. The van der Waals surface area contributed by atoms with Gasteiger partial charge in [-0.05, 0) is 43.2 Å². The Labute approximate surface area is 157 Å². The number of amidine groups is 1. The summed E-state index contributed by atoms with van der Waals surface area (Å²) < 4.78 is 7.18. The largest absolute Gasteiger partial charge is 0.509 e. The first kappa shape index (κ1) is 17.1.